The van der Waals surface area contributed by atoms with Crippen LogP contribution in [0, 0.1) is 0 Å². The van der Waals surface area contributed by atoms with Gasteiger partial charge < -0.3 is 4.74 Å². The van der Waals surface area contributed by atoms with Crippen molar-refractivity contribution in [2.24, 2.45) is 0 Å². The van der Waals surface area contributed by atoms with Gasteiger partial charge >= 0.3 is 0 Å². The van der Waals surface area contributed by atoms with Crippen LogP contribution in [0.4, 0.5) is 0 Å². The molecule has 1 aromatic rings. The molecule has 17 heavy (non-hydrogen) atoms. The summed E-state index contributed by atoms with van der Waals surface area (Å²) in [4.78, 5) is 0. The summed E-state index contributed by atoms with van der Waals surface area (Å²) in [5, 5.41) is 0. The Morgan fingerprint density at radius 2 is 1.82 bits per heavy atom. The second kappa shape index (κ2) is 8.46. The molecule has 0 radical (unpaired) electrons. The first kappa shape index (κ1) is 14.4. The van der Waals surface area contributed by atoms with Gasteiger partial charge in [-0.2, -0.15) is 12.6 Å². The lowest BCUT2D eigenvalue weighted by Crippen LogP contribution is -2.00. The van der Waals surface area contributed by atoms with E-state index < -0.39 is 0 Å². The van der Waals surface area contributed by atoms with Crippen LogP contribution < -0.4 is 4.74 Å². The Morgan fingerprint density at radius 3 is 2.35 bits per heavy atom. The van der Waals surface area contributed by atoms with Gasteiger partial charge in [-0.05, 0) is 42.2 Å². The summed E-state index contributed by atoms with van der Waals surface area (Å²) >= 11 is 4.37. The molecule has 0 bridgehead atoms. The second-order valence-corrected chi connectivity index (χ2v) is 4.93. The molecule has 0 N–H and O–H groups in total. The maximum Gasteiger partial charge on any atom is 0.118 e. The maximum atomic E-state index is 5.19. The number of benzene rings is 1. The fourth-order valence-electron chi connectivity index (χ4n) is 2.15. The van der Waals surface area contributed by atoms with E-state index in [0.717, 1.165) is 11.5 Å². The van der Waals surface area contributed by atoms with Crippen LogP contribution in [-0.4, -0.2) is 12.9 Å². The highest BCUT2D eigenvalue weighted by Crippen LogP contribution is 2.27. The minimum Gasteiger partial charge on any atom is -0.497 e. The quantitative estimate of drug-likeness (QED) is 0.522. The van der Waals surface area contributed by atoms with Gasteiger partial charge in [0.1, 0.15) is 5.75 Å². The molecule has 1 rings (SSSR count). The van der Waals surface area contributed by atoms with Gasteiger partial charge in [0.05, 0.1) is 7.11 Å². The zero-order valence-electron chi connectivity index (χ0n) is 11.0. The topological polar surface area (TPSA) is 9.23 Å². The summed E-state index contributed by atoms with van der Waals surface area (Å²) in [5.41, 5.74) is 1.43. The highest BCUT2D eigenvalue weighted by molar-refractivity contribution is 7.80. The third-order valence-electron chi connectivity index (χ3n) is 3.22. The predicted molar refractivity (Wildman–Crippen MR) is 78.3 cm³/mol. The number of unbranched alkanes of at least 4 members (excludes halogenated alkanes) is 2. The van der Waals surface area contributed by atoms with Gasteiger partial charge in [0, 0.05) is 0 Å². The van der Waals surface area contributed by atoms with Crippen LogP contribution in [0.1, 0.15) is 50.5 Å². The number of thiol groups is 1. The van der Waals surface area contributed by atoms with Crippen LogP contribution in [0.3, 0.4) is 0 Å². The van der Waals surface area contributed by atoms with E-state index >= 15 is 0 Å². The molecule has 0 aliphatic rings. The van der Waals surface area contributed by atoms with Crippen LogP contribution in [0.5, 0.6) is 5.75 Å². The Balaban J connectivity index is 2.60. The normalized spacial score (nSPS) is 12.4. The van der Waals surface area contributed by atoms with Crippen molar-refractivity contribution in [3.8, 4) is 5.75 Å². The van der Waals surface area contributed by atoms with Crippen LogP contribution in [-0.2, 0) is 0 Å². The molecule has 0 heterocycles. The average Bonchev–Trinajstić information content (AvgIpc) is 2.38. The Kier molecular flexibility index (Phi) is 7.18. The Morgan fingerprint density at radius 1 is 1.12 bits per heavy atom. The Bertz CT molecular complexity index is 294. The van der Waals surface area contributed by atoms with Crippen molar-refractivity contribution in [2.45, 2.75) is 44.9 Å². The lowest BCUT2D eigenvalue weighted by molar-refractivity contribution is 0.414. The Labute approximate surface area is 111 Å². The molecule has 0 fully saturated rings. The van der Waals surface area contributed by atoms with Gasteiger partial charge in [-0.25, -0.2) is 0 Å². The molecular formula is C15H24OS. The molecule has 1 nitrogen and oxygen atoms in total. The molecule has 0 spiro atoms. The van der Waals surface area contributed by atoms with E-state index in [1.54, 1.807) is 7.11 Å². The van der Waals surface area contributed by atoms with Crippen LogP contribution in [0.2, 0.25) is 0 Å². The molecule has 1 atom stereocenters. The van der Waals surface area contributed by atoms with E-state index in [4.69, 9.17) is 4.74 Å². The molecule has 1 unspecified atom stereocenters. The zero-order valence-corrected chi connectivity index (χ0v) is 11.9. The largest absolute Gasteiger partial charge is 0.497 e. The molecule has 96 valence electrons. The van der Waals surface area contributed by atoms with Gasteiger partial charge in [0.2, 0.25) is 0 Å². The first-order chi connectivity index (χ1) is 8.31. The van der Waals surface area contributed by atoms with Crippen molar-refractivity contribution >= 4 is 12.6 Å². The standard InChI is InChI=1S/C15H24OS/c1-3-4-5-6-13(11-12-17)14-7-9-15(16-2)10-8-14/h7-10,13,17H,3-6,11-12H2,1-2H3. The minimum absolute atomic E-state index is 0.657. The lowest BCUT2D eigenvalue weighted by atomic mass is 9.91. The van der Waals surface area contributed by atoms with Crippen molar-refractivity contribution < 1.29 is 4.74 Å². The molecule has 0 saturated heterocycles. The van der Waals surface area contributed by atoms with Crippen molar-refractivity contribution in [2.75, 3.05) is 12.9 Å². The second-order valence-electron chi connectivity index (χ2n) is 4.48. The number of methoxy groups -OCH3 is 1. The van der Waals surface area contributed by atoms with Gasteiger partial charge in [0.15, 0.2) is 0 Å². The number of hydrogen-bond donors (Lipinski definition) is 1. The van der Waals surface area contributed by atoms with Crippen LogP contribution in [0.15, 0.2) is 24.3 Å². The molecule has 0 amide bonds. The summed E-state index contributed by atoms with van der Waals surface area (Å²) in [6.45, 7) is 2.25. The van der Waals surface area contributed by atoms with Crippen molar-refractivity contribution in [3.05, 3.63) is 29.8 Å². The molecule has 0 saturated carbocycles. The van der Waals surface area contributed by atoms with E-state index in [2.05, 4.69) is 43.8 Å². The third-order valence-corrected chi connectivity index (χ3v) is 3.48. The molecule has 1 aromatic carbocycles. The van der Waals surface area contributed by atoms with E-state index in [1.807, 2.05) is 0 Å². The molecule has 0 aliphatic heterocycles. The molecular weight excluding hydrogens is 228 g/mol. The number of ether oxygens (including phenoxy) is 1. The van der Waals surface area contributed by atoms with Gasteiger partial charge in [-0.1, -0.05) is 38.3 Å². The fraction of sp³-hybridized carbons (Fsp3) is 0.600. The molecule has 0 aliphatic carbocycles. The first-order valence-electron chi connectivity index (χ1n) is 6.56. The van der Waals surface area contributed by atoms with E-state index in [-0.39, 0.29) is 0 Å². The van der Waals surface area contributed by atoms with Crippen LogP contribution >= 0.6 is 12.6 Å². The lowest BCUT2D eigenvalue weighted by Gasteiger charge is -2.16. The number of rotatable bonds is 8. The summed E-state index contributed by atoms with van der Waals surface area (Å²) in [6, 6.07) is 8.50. The van der Waals surface area contributed by atoms with Gasteiger partial charge in [-0.15, -0.1) is 0 Å². The van der Waals surface area contributed by atoms with E-state index in [0.29, 0.717) is 5.92 Å². The third kappa shape index (κ3) is 5.03. The monoisotopic (exact) mass is 252 g/mol. The predicted octanol–water partition coefficient (Wildman–Crippen LogP) is 4.68. The van der Waals surface area contributed by atoms with Crippen molar-refractivity contribution in [3.63, 3.8) is 0 Å². The fourth-order valence-corrected chi connectivity index (χ4v) is 2.46. The average molecular weight is 252 g/mol. The van der Waals surface area contributed by atoms with Gasteiger partial charge in [-0.3, -0.25) is 0 Å². The Hall–Kier alpha value is -0.630. The first-order valence-corrected chi connectivity index (χ1v) is 7.19. The summed E-state index contributed by atoms with van der Waals surface area (Å²) in [5.74, 6) is 2.56. The zero-order chi connectivity index (χ0) is 12.5. The van der Waals surface area contributed by atoms with Gasteiger partial charge in [0.25, 0.3) is 0 Å². The highest BCUT2D eigenvalue weighted by atomic mass is 32.1. The van der Waals surface area contributed by atoms with Crippen LogP contribution in [0.25, 0.3) is 0 Å². The minimum atomic E-state index is 0.657. The molecule has 0 aromatic heterocycles. The molecule has 2 heteroatoms. The SMILES string of the molecule is CCCCCC(CCS)c1ccc(OC)cc1. The smallest absolute Gasteiger partial charge is 0.118 e. The summed E-state index contributed by atoms with van der Waals surface area (Å²) in [7, 11) is 1.71. The maximum absolute atomic E-state index is 5.19. The number of hydrogen-bond acceptors (Lipinski definition) is 2. The van der Waals surface area contributed by atoms with Crippen molar-refractivity contribution in [1.82, 2.24) is 0 Å². The summed E-state index contributed by atoms with van der Waals surface area (Å²) in [6.07, 6.45) is 6.39. The summed E-state index contributed by atoms with van der Waals surface area (Å²) < 4.78 is 5.19. The highest BCUT2D eigenvalue weighted by Gasteiger charge is 2.10. The van der Waals surface area contributed by atoms with Crippen molar-refractivity contribution in [1.29, 1.82) is 0 Å². The van der Waals surface area contributed by atoms with E-state index in [1.165, 1.54) is 37.7 Å². The van der Waals surface area contributed by atoms with E-state index in [9.17, 15) is 0 Å².